The Morgan fingerprint density at radius 3 is 2.57 bits per heavy atom. The molecule has 1 heterocycles. The number of aliphatic hydroxyl groups is 1. The van der Waals surface area contributed by atoms with Gasteiger partial charge < -0.3 is 15.0 Å². The third kappa shape index (κ3) is 3.46. The van der Waals surface area contributed by atoms with Crippen molar-refractivity contribution in [2.24, 2.45) is 7.05 Å². The first-order chi connectivity index (χ1) is 9.99. The number of rotatable bonds is 5. The number of aromatic nitrogens is 1. The van der Waals surface area contributed by atoms with Crippen LogP contribution in [0, 0.1) is 10.1 Å². The number of nitro benzene ring substituents is 1. The Balaban J connectivity index is 1.95. The van der Waals surface area contributed by atoms with Crippen molar-refractivity contribution < 1.29 is 14.8 Å². The molecule has 0 fully saturated rings. The van der Waals surface area contributed by atoms with Crippen molar-refractivity contribution in [3.05, 3.63) is 64.0 Å². The first-order valence-electron chi connectivity index (χ1n) is 6.31. The van der Waals surface area contributed by atoms with Gasteiger partial charge in [0.05, 0.1) is 4.92 Å². The van der Waals surface area contributed by atoms with Crippen LogP contribution in [-0.2, 0) is 7.05 Å². The van der Waals surface area contributed by atoms with Crippen LogP contribution in [0.15, 0.2) is 42.6 Å². The molecule has 7 nitrogen and oxygen atoms in total. The van der Waals surface area contributed by atoms with Crippen molar-refractivity contribution in [1.29, 1.82) is 0 Å². The maximum absolute atomic E-state index is 11.9. The van der Waals surface area contributed by atoms with Crippen LogP contribution in [0.3, 0.4) is 0 Å². The highest BCUT2D eigenvalue weighted by atomic mass is 16.6. The summed E-state index contributed by atoms with van der Waals surface area (Å²) in [5.41, 5.74) is 0.925. The van der Waals surface area contributed by atoms with E-state index in [1.165, 1.54) is 24.3 Å². The molecule has 1 unspecified atom stereocenters. The second-order valence-corrected chi connectivity index (χ2v) is 4.57. The van der Waals surface area contributed by atoms with E-state index >= 15 is 0 Å². The zero-order valence-electron chi connectivity index (χ0n) is 11.4. The predicted molar refractivity (Wildman–Crippen MR) is 75.8 cm³/mol. The molecule has 2 N–H and O–H groups in total. The molecule has 0 aliphatic heterocycles. The molecular formula is C14H15N3O4. The topological polar surface area (TPSA) is 97.4 Å². The number of benzene rings is 1. The van der Waals surface area contributed by atoms with Gasteiger partial charge in [-0.3, -0.25) is 14.9 Å². The van der Waals surface area contributed by atoms with Gasteiger partial charge in [-0.15, -0.1) is 0 Å². The number of aryl methyl sites for hydroxylation is 1. The van der Waals surface area contributed by atoms with Crippen LogP contribution in [0.1, 0.15) is 22.2 Å². The fraction of sp³-hybridized carbons (Fsp3) is 0.214. The molecule has 0 aliphatic carbocycles. The molecule has 2 rings (SSSR count). The van der Waals surface area contributed by atoms with Gasteiger partial charge in [-0.2, -0.15) is 0 Å². The van der Waals surface area contributed by atoms with Crippen LogP contribution >= 0.6 is 0 Å². The van der Waals surface area contributed by atoms with E-state index < -0.39 is 16.9 Å². The van der Waals surface area contributed by atoms with Gasteiger partial charge in [-0.25, -0.2) is 0 Å². The van der Waals surface area contributed by atoms with E-state index in [0.29, 0.717) is 11.3 Å². The van der Waals surface area contributed by atoms with Gasteiger partial charge in [-0.05, 0) is 24.3 Å². The lowest BCUT2D eigenvalue weighted by Gasteiger charge is -2.13. The summed E-state index contributed by atoms with van der Waals surface area (Å²) < 4.78 is 1.77. The quantitative estimate of drug-likeness (QED) is 0.642. The minimum absolute atomic E-state index is 0.0632. The zero-order chi connectivity index (χ0) is 15.4. The number of nitrogens with zero attached hydrogens (tertiary/aromatic N) is 2. The van der Waals surface area contributed by atoms with Gasteiger partial charge in [0.15, 0.2) is 0 Å². The molecule has 21 heavy (non-hydrogen) atoms. The van der Waals surface area contributed by atoms with Gasteiger partial charge in [0.25, 0.3) is 11.6 Å². The van der Waals surface area contributed by atoms with Crippen LogP contribution in [0.25, 0.3) is 0 Å². The molecule has 2 aromatic rings. The van der Waals surface area contributed by atoms with E-state index in [1.54, 1.807) is 29.9 Å². The molecule has 0 saturated carbocycles. The number of hydrogen-bond donors (Lipinski definition) is 2. The molecule has 110 valence electrons. The van der Waals surface area contributed by atoms with E-state index in [1.807, 2.05) is 0 Å². The van der Waals surface area contributed by atoms with Crippen molar-refractivity contribution in [1.82, 2.24) is 9.88 Å². The van der Waals surface area contributed by atoms with Crippen LogP contribution in [0.4, 0.5) is 5.69 Å². The van der Waals surface area contributed by atoms with Gasteiger partial charge in [-0.1, -0.05) is 0 Å². The number of nitrogens with one attached hydrogen (secondary N) is 1. The molecule has 0 saturated heterocycles. The normalized spacial score (nSPS) is 11.9. The minimum atomic E-state index is -0.813. The summed E-state index contributed by atoms with van der Waals surface area (Å²) in [4.78, 5) is 21.9. The first kappa shape index (κ1) is 14.7. The van der Waals surface area contributed by atoms with Gasteiger partial charge in [0.2, 0.25) is 0 Å². The molecule has 0 bridgehead atoms. The number of carbonyl (C=O) groups excluding carboxylic acids is 1. The Labute approximate surface area is 121 Å². The summed E-state index contributed by atoms with van der Waals surface area (Å²) in [7, 11) is 1.80. The van der Waals surface area contributed by atoms with Crippen LogP contribution in [-0.4, -0.2) is 27.0 Å². The number of carbonyl (C=O) groups is 1. The summed E-state index contributed by atoms with van der Waals surface area (Å²) in [6.07, 6.45) is 0.989. The Hall–Kier alpha value is -2.67. The first-order valence-corrected chi connectivity index (χ1v) is 6.31. The summed E-state index contributed by atoms with van der Waals surface area (Å²) in [5.74, 6) is -0.391. The fourth-order valence-corrected chi connectivity index (χ4v) is 1.95. The van der Waals surface area contributed by atoms with Crippen molar-refractivity contribution in [3.63, 3.8) is 0 Å². The maximum atomic E-state index is 11.9. The summed E-state index contributed by atoms with van der Waals surface area (Å²) in [5, 5.41) is 23.1. The lowest BCUT2D eigenvalue weighted by molar-refractivity contribution is -0.384. The third-order valence-electron chi connectivity index (χ3n) is 3.12. The fourth-order valence-electron chi connectivity index (χ4n) is 1.95. The molecule has 1 aromatic heterocycles. The SMILES string of the molecule is Cn1cccc1C(O)CNC(=O)c1ccc([N+](=O)[O-])cc1. The molecular weight excluding hydrogens is 274 g/mol. The largest absolute Gasteiger partial charge is 0.385 e. The molecule has 1 amide bonds. The Morgan fingerprint density at radius 1 is 1.38 bits per heavy atom. The van der Waals surface area contributed by atoms with Crippen molar-refractivity contribution in [2.45, 2.75) is 6.10 Å². The molecule has 1 atom stereocenters. The van der Waals surface area contributed by atoms with E-state index in [-0.39, 0.29) is 12.2 Å². The van der Waals surface area contributed by atoms with Crippen molar-refractivity contribution in [3.8, 4) is 0 Å². The monoisotopic (exact) mass is 289 g/mol. The second kappa shape index (κ2) is 6.19. The molecule has 0 aliphatic rings. The number of aliphatic hydroxyl groups excluding tert-OH is 1. The molecule has 0 spiro atoms. The lowest BCUT2D eigenvalue weighted by Crippen LogP contribution is -2.29. The summed E-state index contributed by atoms with van der Waals surface area (Å²) >= 11 is 0. The van der Waals surface area contributed by atoms with Crippen LogP contribution in [0.2, 0.25) is 0 Å². The highest BCUT2D eigenvalue weighted by Gasteiger charge is 2.13. The predicted octanol–water partition coefficient (Wildman–Crippen LogP) is 1.40. The third-order valence-corrected chi connectivity index (χ3v) is 3.12. The highest BCUT2D eigenvalue weighted by molar-refractivity contribution is 5.94. The summed E-state index contributed by atoms with van der Waals surface area (Å²) in [6, 6.07) is 8.86. The van der Waals surface area contributed by atoms with E-state index in [0.717, 1.165) is 0 Å². The van der Waals surface area contributed by atoms with E-state index in [4.69, 9.17) is 0 Å². The van der Waals surface area contributed by atoms with Crippen LogP contribution in [0.5, 0.6) is 0 Å². The average molecular weight is 289 g/mol. The average Bonchev–Trinajstić information content (AvgIpc) is 2.90. The van der Waals surface area contributed by atoms with Gasteiger partial charge in [0, 0.05) is 43.2 Å². The Kier molecular flexibility index (Phi) is 4.34. The van der Waals surface area contributed by atoms with Gasteiger partial charge >= 0.3 is 0 Å². The Morgan fingerprint density at radius 2 is 2.05 bits per heavy atom. The number of hydrogen-bond acceptors (Lipinski definition) is 4. The summed E-state index contributed by atoms with van der Waals surface area (Å²) in [6.45, 7) is 0.0632. The lowest BCUT2D eigenvalue weighted by atomic mass is 10.2. The second-order valence-electron chi connectivity index (χ2n) is 4.57. The van der Waals surface area contributed by atoms with Crippen LogP contribution < -0.4 is 5.32 Å². The standard InChI is InChI=1S/C14H15N3O4/c1-16-8-2-3-12(16)13(18)9-15-14(19)10-4-6-11(7-5-10)17(20)21/h2-8,13,18H,9H2,1H3,(H,15,19). The Bertz CT molecular complexity index is 648. The highest BCUT2D eigenvalue weighted by Crippen LogP contribution is 2.13. The smallest absolute Gasteiger partial charge is 0.269 e. The maximum Gasteiger partial charge on any atom is 0.269 e. The van der Waals surface area contributed by atoms with Gasteiger partial charge in [0.1, 0.15) is 6.10 Å². The zero-order valence-corrected chi connectivity index (χ0v) is 11.4. The molecule has 0 radical (unpaired) electrons. The number of nitro groups is 1. The number of non-ortho nitro benzene ring substituents is 1. The van der Waals surface area contributed by atoms with Crippen molar-refractivity contribution in [2.75, 3.05) is 6.54 Å². The van der Waals surface area contributed by atoms with E-state index in [2.05, 4.69) is 5.32 Å². The minimum Gasteiger partial charge on any atom is -0.385 e. The molecule has 1 aromatic carbocycles. The molecule has 7 heteroatoms. The van der Waals surface area contributed by atoms with E-state index in [9.17, 15) is 20.0 Å². The van der Waals surface area contributed by atoms with Crippen molar-refractivity contribution >= 4 is 11.6 Å². The number of amides is 1.